The summed E-state index contributed by atoms with van der Waals surface area (Å²) in [5.74, 6) is 5.27. The van der Waals surface area contributed by atoms with E-state index in [1.165, 1.54) is 0 Å². The van der Waals surface area contributed by atoms with Crippen LogP contribution in [0, 0.1) is 0 Å². The Morgan fingerprint density at radius 3 is 2.82 bits per heavy atom. The number of nitrogens with one attached hydrogen (secondary N) is 1. The van der Waals surface area contributed by atoms with E-state index in [0.29, 0.717) is 0 Å². The van der Waals surface area contributed by atoms with Crippen molar-refractivity contribution < 1.29 is 0 Å². The number of nitrogen functional groups attached to an aromatic ring is 1. The zero-order valence-corrected chi connectivity index (χ0v) is 7.67. The number of halogens is 1. The Kier molecular flexibility index (Phi) is 3.05. The standard InChI is InChI=1S/C7H9ClN2S/c1-11-7-4-5(8)2-3-6(7)10-9/h2-4,10H,9H2,1H3. The Labute approximate surface area is 75.1 Å². The maximum atomic E-state index is 5.77. The van der Waals surface area contributed by atoms with E-state index in [9.17, 15) is 0 Å². The van der Waals surface area contributed by atoms with Crippen molar-refractivity contribution in [3.8, 4) is 0 Å². The molecule has 0 amide bonds. The van der Waals surface area contributed by atoms with Gasteiger partial charge in [-0.1, -0.05) is 11.6 Å². The molecule has 0 aliphatic heterocycles. The third-order valence-electron chi connectivity index (χ3n) is 1.32. The molecule has 0 saturated heterocycles. The molecule has 0 bridgehead atoms. The molecule has 0 atom stereocenters. The summed E-state index contributed by atoms with van der Waals surface area (Å²) in [5.41, 5.74) is 3.50. The highest BCUT2D eigenvalue weighted by atomic mass is 35.5. The van der Waals surface area contributed by atoms with Crippen molar-refractivity contribution >= 4 is 29.1 Å². The van der Waals surface area contributed by atoms with Crippen molar-refractivity contribution in [2.24, 2.45) is 5.84 Å². The third kappa shape index (κ3) is 2.02. The summed E-state index contributed by atoms with van der Waals surface area (Å²) in [7, 11) is 0. The molecule has 60 valence electrons. The van der Waals surface area contributed by atoms with Crippen LogP contribution < -0.4 is 11.3 Å². The summed E-state index contributed by atoms with van der Waals surface area (Å²) in [6.45, 7) is 0. The molecule has 0 unspecified atom stereocenters. The van der Waals surface area contributed by atoms with Crippen molar-refractivity contribution in [3.05, 3.63) is 23.2 Å². The van der Waals surface area contributed by atoms with Crippen molar-refractivity contribution in [2.75, 3.05) is 11.7 Å². The molecular weight excluding hydrogens is 180 g/mol. The first kappa shape index (κ1) is 8.71. The van der Waals surface area contributed by atoms with Crippen molar-refractivity contribution in [3.63, 3.8) is 0 Å². The van der Waals surface area contributed by atoms with E-state index in [4.69, 9.17) is 17.4 Å². The first-order chi connectivity index (χ1) is 5.27. The van der Waals surface area contributed by atoms with Gasteiger partial charge < -0.3 is 5.43 Å². The SMILES string of the molecule is CSc1cc(Cl)ccc1NN. The first-order valence-corrected chi connectivity index (χ1v) is 4.68. The quantitative estimate of drug-likeness (QED) is 0.425. The zero-order valence-electron chi connectivity index (χ0n) is 6.10. The van der Waals surface area contributed by atoms with Gasteiger partial charge in [0.2, 0.25) is 0 Å². The van der Waals surface area contributed by atoms with Gasteiger partial charge in [-0.2, -0.15) is 0 Å². The third-order valence-corrected chi connectivity index (χ3v) is 2.33. The average molecular weight is 189 g/mol. The van der Waals surface area contributed by atoms with Crippen LogP contribution in [0.2, 0.25) is 5.02 Å². The number of nitrogens with two attached hydrogens (primary N) is 1. The van der Waals surface area contributed by atoms with E-state index in [-0.39, 0.29) is 0 Å². The lowest BCUT2D eigenvalue weighted by atomic mass is 10.3. The molecule has 0 aliphatic rings. The van der Waals surface area contributed by atoms with Gasteiger partial charge in [-0.25, -0.2) is 0 Å². The lowest BCUT2D eigenvalue weighted by molar-refractivity contribution is 1.29. The largest absolute Gasteiger partial charge is 0.323 e. The summed E-state index contributed by atoms with van der Waals surface area (Å²) in [5, 5.41) is 0.730. The summed E-state index contributed by atoms with van der Waals surface area (Å²) in [4.78, 5) is 1.06. The second kappa shape index (κ2) is 3.85. The summed E-state index contributed by atoms with van der Waals surface area (Å²) in [6.07, 6.45) is 1.98. The van der Waals surface area contributed by atoms with E-state index >= 15 is 0 Å². The van der Waals surface area contributed by atoms with Crippen LogP contribution in [0.3, 0.4) is 0 Å². The number of thioether (sulfide) groups is 1. The highest BCUT2D eigenvalue weighted by Gasteiger charge is 1.98. The van der Waals surface area contributed by atoms with Crippen molar-refractivity contribution in [1.82, 2.24) is 0 Å². The van der Waals surface area contributed by atoms with Crippen LogP contribution in [0.4, 0.5) is 5.69 Å². The number of benzene rings is 1. The minimum atomic E-state index is 0.730. The van der Waals surface area contributed by atoms with E-state index in [1.807, 2.05) is 18.4 Å². The molecule has 4 heteroatoms. The number of hydrazine groups is 1. The summed E-state index contributed by atoms with van der Waals surface area (Å²) < 4.78 is 0. The van der Waals surface area contributed by atoms with Crippen LogP contribution in [-0.2, 0) is 0 Å². The number of rotatable bonds is 2. The number of hydrogen-bond donors (Lipinski definition) is 2. The molecule has 0 radical (unpaired) electrons. The van der Waals surface area contributed by atoms with Crippen LogP contribution in [0.1, 0.15) is 0 Å². The molecule has 0 aromatic heterocycles. The van der Waals surface area contributed by atoms with Crippen molar-refractivity contribution in [2.45, 2.75) is 4.90 Å². The Morgan fingerprint density at radius 2 is 2.27 bits per heavy atom. The highest BCUT2D eigenvalue weighted by Crippen LogP contribution is 2.27. The lowest BCUT2D eigenvalue weighted by Crippen LogP contribution is -2.07. The second-order valence-electron chi connectivity index (χ2n) is 1.99. The Hall–Kier alpha value is -0.380. The molecule has 1 rings (SSSR count). The minimum Gasteiger partial charge on any atom is -0.323 e. The first-order valence-electron chi connectivity index (χ1n) is 3.08. The molecule has 3 N–H and O–H groups in total. The Balaban J connectivity index is 3.06. The molecular formula is C7H9ClN2S. The molecule has 1 aromatic rings. The maximum Gasteiger partial charge on any atom is 0.0621 e. The molecule has 0 saturated carbocycles. The van der Waals surface area contributed by atoms with Gasteiger partial charge >= 0.3 is 0 Å². The molecule has 0 fully saturated rings. The molecule has 2 nitrogen and oxygen atoms in total. The fourth-order valence-electron chi connectivity index (χ4n) is 0.784. The normalized spacial score (nSPS) is 9.73. The van der Waals surface area contributed by atoms with Crippen LogP contribution in [-0.4, -0.2) is 6.26 Å². The van der Waals surface area contributed by atoms with Gasteiger partial charge in [0.05, 0.1) is 5.69 Å². The van der Waals surface area contributed by atoms with Gasteiger partial charge in [-0.05, 0) is 24.5 Å². The molecule has 1 aromatic carbocycles. The van der Waals surface area contributed by atoms with Gasteiger partial charge in [-0.3, -0.25) is 5.84 Å². The maximum absolute atomic E-state index is 5.77. The molecule has 0 aliphatic carbocycles. The predicted molar refractivity (Wildman–Crippen MR) is 51.0 cm³/mol. The lowest BCUT2D eigenvalue weighted by Gasteiger charge is -2.05. The fourth-order valence-corrected chi connectivity index (χ4v) is 1.61. The van der Waals surface area contributed by atoms with Crippen molar-refractivity contribution in [1.29, 1.82) is 0 Å². The highest BCUT2D eigenvalue weighted by molar-refractivity contribution is 7.98. The molecule has 11 heavy (non-hydrogen) atoms. The van der Waals surface area contributed by atoms with Gasteiger partial charge in [-0.15, -0.1) is 11.8 Å². The van der Waals surface area contributed by atoms with Crippen LogP contribution in [0.15, 0.2) is 23.1 Å². The number of hydrogen-bond acceptors (Lipinski definition) is 3. The van der Waals surface area contributed by atoms with Crippen LogP contribution in [0.25, 0.3) is 0 Å². The molecule has 0 spiro atoms. The Morgan fingerprint density at radius 1 is 1.55 bits per heavy atom. The summed E-state index contributed by atoms with van der Waals surface area (Å²) >= 11 is 7.38. The average Bonchev–Trinajstić information content (AvgIpc) is 2.04. The van der Waals surface area contributed by atoms with Gasteiger partial charge in [0.25, 0.3) is 0 Å². The van der Waals surface area contributed by atoms with Crippen LogP contribution in [0.5, 0.6) is 0 Å². The predicted octanol–water partition coefficient (Wildman–Crippen LogP) is 2.35. The van der Waals surface area contributed by atoms with E-state index in [1.54, 1.807) is 17.8 Å². The fraction of sp³-hybridized carbons (Fsp3) is 0.143. The van der Waals surface area contributed by atoms with Gasteiger partial charge in [0, 0.05) is 9.92 Å². The van der Waals surface area contributed by atoms with E-state index in [0.717, 1.165) is 15.6 Å². The topological polar surface area (TPSA) is 38.0 Å². The van der Waals surface area contributed by atoms with Crippen LogP contribution >= 0.6 is 23.4 Å². The monoisotopic (exact) mass is 188 g/mol. The van der Waals surface area contributed by atoms with E-state index < -0.39 is 0 Å². The second-order valence-corrected chi connectivity index (χ2v) is 3.27. The zero-order chi connectivity index (χ0) is 8.27. The van der Waals surface area contributed by atoms with E-state index in [2.05, 4.69) is 5.43 Å². The number of anilines is 1. The molecule has 0 heterocycles. The summed E-state index contributed by atoms with van der Waals surface area (Å²) in [6, 6.07) is 5.53. The Bertz CT molecular complexity index is 252. The smallest absolute Gasteiger partial charge is 0.0621 e. The van der Waals surface area contributed by atoms with Gasteiger partial charge in [0.15, 0.2) is 0 Å². The minimum absolute atomic E-state index is 0.730. The van der Waals surface area contributed by atoms with Gasteiger partial charge in [0.1, 0.15) is 0 Å².